The van der Waals surface area contributed by atoms with E-state index in [0.29, 0.717) is 0 Å². The van der Waals surface area contributed by atoms with E-state index in [1.165, 1.54) is 13.8 Å². The summed E-state index contributed by atoms with van der Waals surface area (Å²) in [5.74, 6) is -0.772. The SMILES string of the molecule is CC(O)C(=O)[N+](C)(CCO)CCO.CC(O)C(=O)[N+](C)(CCO)CCO.O=S(=O)([O-])[O-]. The van der Waals surface area contributed by atoms with Crippen molar-refractivity contribution in [2.24, 2.45) is 0 Å². The van der Waals surface area contributed by atoms with E-state index in [1.54, 1.807) is 14.1 Å². The third kappa shape index (κ3) is 17.2. The van der Waals surface area contributed by atoms with Crippen LogP contribution >= 0.6 is 0 Å². The minimum Gasteiger partial charge on any atom is -0.759 e. The van der Waals surface area contributed by atoms with Crippen LogP contribution in [0.1, 0.15) is 13.8 Å². The normalized spacial score (nSPS) is 13.8. The van der Waals surface area contributed by atoms with Crippen LogP contribution in [-0.2, 0) is 20.0 Å². The molecule has 0 saturated heterocycles. The molecule has 0 fully saturated rings. The van der Waals surface area contributed by atoms with E-state index in [9.17, 15) is 9.59 Å². The van der Waals surface area contributed by atoms with Crippen molar-refractivity contribution in [2.75, 3.05) is 66.7 Å². The standard InChI is InChI=1S/2C8H18NO4.H2O4S/c2*1-7(12)8(13)9(2,3-5-10)4-6-11;1-5(2,3)4/h2*7,10-12H,3-6H2,1-2H3;(H2,1,2,3,4)/q2*+1;/p-2. The van der Waals surface area contributed by atoms with Crippen LogP contribution in [0.4, 0.5) is 0 Å². The number of carbonyl (C=O) groups is 2. The van der Waals surface area contributed by atoms with E-state index < -0.39 is 22.6 Å². The van der Waals surface area contributed by atoms with Gasteiger partial charge in [0, 0.05) is 10.4 Å². The number of likely N-dealkylation sites (N-methyl/N-ethyl adjacent to an activating group) is 2. The fourth-order valence-electron chi connectivity index (χ4n) is 2.45. The second-order valence-electron chi connectivity index (χ2n) is 7.02. The summed E-state index contributed by atoms with van der Waals surface area (Å²) < 4.78 is 33.8. The number of nitrogens with zero attached hydrogens (tertiary/aromatic N) is 2. The first kappa shape index (κ1) is 34.5. The molecule has 0 aliphatic heterocycles. The largest absolute Gasteiger partial charge is 0.759 e. The van der Waals surface area contributed by atoms with Crippen molar-refractivity contribution >= 4 is 22.2 Å². The van der Waals surface area contributed by atoms with Gasteiger partial charge < -0.3 is 39.7 Å². The van der Waals surface area contributed by atoms with Gasteiger partial charge in [-0.1, -0.05) is 0 Å². The van der Waals surface area contributed by atoms with Crippen LogP contribution < -0.4 is 0 Å². The molecule has 31 heavy (non-hydrogen) atoms. The highest BCUT2D eigenvalue weighted by atomic mass is 32.3. The third-order valence-electron chi connectivity index (χ3n) is 4.15. The Morgan fingerprint density at radius 1 is 0.710 bits per heavy atom. The summed E-state index contributed by atoms with van der Waals surface area (Å²) in [6.07, 6.45) is -2.13. The van der Waals surface area contributed by atoms with Crippen LogP contribution in [0.3, 0.4) is 0 Å². The maximum Gasteiger partial charge on any atom is 0.341 e. The van der Waals surface area contributed by atoms with E-state index in [-0.39, 0.29) is 73.4 Å². The first-order chi connectivity index (χ1) is 14.0. The molecule has 2 atom stereocenters. The molecule has 0 aromatic carbocycles. The second kappa shape index (κ2) is 16.5. The maximum absolute atomic E-state index is 11.4. The number of aliphatic hydroxyl groups excluding tert-OH is 6. The molecule has 0 rings (SSSR count). The molecule has 6 N–H and O–H groups in total. The minimum atomic E-state index is -5.17. The Hall–Kier alpha value is -1.11. The van der Waals surface area contributed by atoms with Crippen LogP contribution in [-0.4, -0.2) is 148 Å². The number of hydrogen-bond donors (Lipinski definition) is 6. The third-order valence-corrected chi connectivity index (χ3v) is 4.15. The summed E-state index contributed by atoms with van der Waals surface area (Å²) >= 11 is 0. The van der Waals surface area contributed by atoms with Gasteiger partial charge in [0.15, 0.2) is 12.2 Å². The molecular weight excluding hydrogens is 444 g/mol. The second-order valence-corrected chi connectivity index (χ2v) is 7.83. The van der Waals surface area contributed by atoms with Gasteiger partial charge in [0.25, 0.3) is 0 Å². The van der Waals surface area contributed by atoms with Crippen molar-refractivity contribution < 1.29 is 66.7 Å². The number of rotatable bonds is 10. The van der Waals surface area contributed by atoms with Gasteiger partial charge in [-0.2, -0.15) is 0 Å². The molecule has 0 aromatic rings. The molecule has 2 amide bonds. The average Bonchev–Trinajstić information content (AvgIpc) is 2.60. The molecule has 0 saturated carbocycles. The predicted octanol–water partition coefficient (Wildman–Crippen LogP) is -4.69. The quantitative estimate of drug-likeness (QED) is 0.0982. The van der Waals surface area contributed by atoms with Crippen LogP contribution in [0, 0.1) is 0 Å². The molecule has 0 aliphatic rings. The highest BCUT2D eigenvalue weighted by Gasteiger charge is 2.34. The molecule has 0 aromatic heterocycles. The fraction of sp³-hybridized carbons (Fsp3) is 0.875. The van der Waals surface area contributed by atoms with Crippen molar-refractivity contribution in [3.05, 3.63) is 0 Å². The summed E-state index contributed by atoms with van der Waals surface area (Å²) in [7, 11) is -2.00. The highest BCUT2D eigenvalue weighted by molar-refractivity contribution is 7.79. The van der Waals surface area contributed by atoms with Gasteiger partial charge in [-0.15, -0.1) is 0 Å². The lowest BCUT2D eigenvalue weighted by Gasteiger charge is -2.31. The number of quaternary nitrogens is 2. The van der Waals surface area contributed by atoms with Gasteiger partial charge in [0.2, 0.25) is 0 Å². The van der Waals surface area contributed by atoms with Crippen molar-refractivity contribution in [3.8, 4) is 0 Å². The number of carbonyl (C=O) groups excluding carboxylic acids is 2. The van der Waals surface area contributed by atoms with Gasteiger partial charge in [0.05, 0.1) is 40.5 Å². The molecule has 0 radical (unpaired) electrons. The van der Waals surface area contributed by atoms with Crippen LogP contribution in [0.5, 0.6) is 0 Å². The summed E-state index contributed by atoms with van der Waals surface area (Å²) in [5.41, 5.74) is 0. The summed E-state index contributed by atoms with van der Waals surface area (Å²) in [6.45, 7) is 3.04. The van der Waals surface area contributed by atoms with Gasteiger partial charge in [-0.25, -0.2) is 9.59 Å². The Labute approximate surface area is 182 Å². The zero-order chi connectivity index (χ0) is 25.5. The smallest absolute Gasteiger partial charge is 0.341 e. The van der Waals surface area contributed by atoms with E-state index in [0.717, 1.165) is 0 Å². The molecule has 188 valence electrons. The Balaban J connectivity index is -0.000000416. The molecule has 2 unspecified atom stereocenters. The Kier molecular flexibility index (Phi) is 18.4. The Bertz CT molecular complexity index is 552. The summed E-state index contributed by atoms with van der Waals surface area (Å²) in [4.78, 5) is 22.9. The van der Waals surface area contributed by atoms with E-state index in [2.05, 4.69) is 0 Å². The Morgan fingerprint density at radius 2 is 0.871 bits per heavy atom. The number of hydrogen-bond acceptors (Lipinski definition) is 12. The molecule has 0 heterocycles. The lowest BCUT2D eigenvalue weighted by atomic mass is 10.2. The van der Waals surface area contributed by atoms with E-state index in [1.807, 2.05) is 0 Å². The van der Waals surface area contributed by atoms with Crippen molar-refractivity contribution in [3.63, 3.8) is 0 Å². The topological polar surface area (TPSA) is 236 Å². The molecule has 0 bridgehead atoms. The van der Waals surface area contributed by atoms with Crippen molar-refractivity contribution in [1.29, 1.82) is 0 Å². The first-order valence-corrected chi connectivity index (χ1v) is 10.5. The molecule has 14 nitrogen and oxygen atoms in total. The van der Waals surface area contributed by atoms with Gasteiger partial charge >= 0.3 is 11.8 Å². The van der Waals surface area contributed by atoms with Crippen LogP contribution in [0.2, 0.25) is 0 Å². The van der Waals surface area contributed by atoms with E-state index in [4.69, 9.17) is 48.2 Å². The number of aliphatic hydroxyl groups is 6. The zero-order valence-electron chi connectivity index (χ0n) is 18.2. The maximum atomic E-state index is 11.4. The van der Waals surface area contributed by atoms with Crippen molar-refractivity contribution in [2.45, 2.75) is 26.1 Å². The Morgan fingerprint density at radius 3 is 0.968 bits per heavy atom. The van der Waals surface area contributed by atoms with Crippen LogP contribution in [0.25, 0.3) is 0 Å². The molecular formula is C16H36N2O12S. The van der Waals surface area contributed by atoms with Gasteiger partial charge in [-0.05, 0) is 13.8 Å². The summed E-state index contributed by atoms with van der Waals surface area (Å²) in [5, 5.41) is 53.1. The zero-order valence-corrected chi connectivity index (χ0v) is 19.1. The monoisotopic (exact) mass is 480 g/mol. The number of amides is 2. The predicted molar refractivity (Wildman–Crippen MR) is 104 cm³/mol. The lowest BCUT2D eigenvalue weighted by Crippen LogP contribution is -2.56. The van der Waals surface area contributed by atoms with Crippen LogP contribution in [0.15, 0.2) is 0 Å². The highest BCUT2D eigenvalue weighted by Crippen LogP contribution is 2.06. The van der Waals surface area contributed by atoms with E-state index >= 15 is 0 Å². The first-order valence-electron chi connectivity index (χ1n) is 9.19. The van der Waals surface area contributed by atoms with Gasteiger partial charge in [-0.3, -0.25) is 17.4 Å². The van der Waals surface area contributed by atoms with Gasteiger partial charge in [0.1, 0.15) is 26.2 Å². The fourth-order valence-corrected chi connectivity index (χ4v) is 2.45. The minimum absolute atomic E-state index is 0.134. The molecule has 0 aliphatic carbocycles. The summed E-state index contributed by atoms with van der Waals surface area (Å²) in [6, 6.07) is 0. The van der Waals surface area contributed by atoms with Crippen molar-refractivity contribution in [1.82, 2.24) is 0 Å². The lowest BCUT2D eigenvalue weighted by molar-refractivity contribution is -0.837. The average molecular weight is 481 g/mol. The molecule has 15 heteroatoms. The molecule has 0 spiro atoms.